The highest BCUT2D eigenvalue weighted by Gasteiger charge is 2.35. The van der Waals surface area contributed by atoms with E-state index >= 15 is 0 Å². The normalized spacial score (nSPS) is 14.7. The van der Waals surface area contributed by atoms with Gasteiger partial charge in [-0.1, -0.05) is 45.9 Å². The second-order valence-electron chi connectivity index (χ2n) is 10.3. The molecule has 0 aromatic carbocycles. The molecule has 1 heterocycles. The number of amides is 1. The zero-order valence-electron chi connectivity index (χ0n) is 23.9. The molecule has 0 unspecified atom stereocenters. The number of hydrogen-bond donors (Lipinski definition) is 1. The third-order valence-electron chi connectivity index (χ3n) is 5.83. The van der Waals surface area contributed by atoms with Gasteiger partial charge in [-0.25, -0.2) is 9.78 Å². The Balaban J connectivity index is 0.00000410. The third kappa shape index (κ3) is 12.7. The van der Waals surface area contributed by atoms with E-state index in [9.17, 15) is 19.5 Å². The Kier molecular flexibility index (Phi) is 16.5. The van der Waals surface area contributed by atoms with Crippen LogP contribution >= 0.6 is 18.7 Å². The quantitative estimate of drug-likeness (QED) is 0.252. The molecule has 212 valence electrons. The number of hydrogen-bond acceptors (Lipinski definition) is 9. The fourth-order valence-corrected chi connectivity index (χ4v) is 4.54. The number of aromatic nitrogens is 1. The van der Waals surface area contributed by atoms with Crippen LogP contribution in [-0.2, 0) is 30.9 Å². The lowest BCUT2D eigenvalue weighted by molar-refractivity contribution is -0.159. The van der Waals surface area contributed by atoms with Crippen molar-refractivity contribution in [3.05, 3.63) is 16.1 Å². The van der Waals surface area contributed by atoms with Crippen molar-refractivity contribution in [3.8, 4) is 0 Å². The van der Waals surface area contributed by atoms with E-state index in [1.807, 2.05) is 34.4 Å². The summed E-state index contributed by atoms with van der Waals surface area (Å²) < 4.78 is 10.4. The minimum Gasteiger partial charge on any atom is -0.461 e. The predicted molar refractivity (Wildman–Crippen MR) is 153 cm³/mol. The number of aliphatic hydroxyl groups is 1. The van der Waals surface area contributed by atoms with Crippen molar-refractivity contribution in [3.63, 3.8) is 0 Å². The number of esters is 2. The number of aliphatic hydroxyl groups excluding tert-OH is 1. The molecule has 1 amide bonds. The van der Waals surface area contributed by atoms with Gasteiger partial charge in [0.05, 0.1) is 18.9 Å². The monoisotopic (exact) mass is 576 g/mol. The molecule has 1 aromatic rings. The standard InChI is InChI=1S/C25H42N2O6S.CH3PS/c1-10-16(5)17(12-21(29)33-25(6,7)8)23(30)27(9)19(15(3)4)13-20(28)22-26-18(14-34-22)24(31)32-11-2;1-2-3/h14-17,19-20,28H,10-13H2,1-9H3;1H3/t16-,17-,19+,20+;/m0./s1. The topological polar surface area (TPSA) is 106 Å². The molecule has 0 saturated heterocycles. The number of rotatable bonds is 12. The van der Waals surface area contributed by atoms with Gasteiger partial charge in [-0.05, 0) is 53.6 Å². The van der Waals surface area contributed by atoms with Crippen LogP contribution in [0.4, 0.5) is 0 Å². The van der Waals surface area contributed by atoms with Crippen LogP contribution in [0.3, 0.4) is 0 Å². The Morgan fingerprint density at radius 3 is 2.24 bits per heavy atom. The van der Waals surface area contributed by atoms with Crippen molar-refractivity contribution in [2.24, 2.45) is 17.8 Å². The van der Waals surface area contributed by atoms with Gasteiger partial charge in [0, 0.05) is 24.9 Å². The first-order chi connectivity index (χ1) is 17.1. The van der Waals surface area contributed by atoms with Crippen LogP contribution in [0.2, 0.25) is 0 Å². The predicted octanol–water partition coefficient (Wildman–Crippen LogP) is 5.64. The van der Waals surface area contributed by atoms with Gasteiger partial charge in [-0.15, -0.1) is 11.3 Å². The summed E-state index contributed by atoms with van der Waals surface area (Å²) in [6, 6.07) is -0.289. The lowest BCUT2D eigenvalue weighted by Crippen LogP contribution is -2.46. The molecule has 0 aliphatic carbocycles. The van der Waals surface area contributed by atoms with E-state index in [0.717, 1.165) is 13.8 Å². The van der Waals surface area contributed by atoms with Gasteiger partial charge in [0.25, 0.3) is 0 Å². The maximum absolute atomic E-state index is 13.5. The van der Waals surface area contributed by atoms with Gasteiger partial charge in [-0.2, -0.15) is 0 Å². The first-order valence-corrected chi connectivity index (χ1v) is 15.9. The number of ether oxygens (including phenoxy) is 2. The zero-order chi connectivity index (χ0) is 28.9. The Morgan fingerprint density at radius 2 is 1.78 bits per heavy atom. The fourth-order valence-electron chi connectivity index (χ4n) is 3.75. The van der Waals surface area contributed by atoms with E-state index in [0.29, 0.717) is 5.01 Å². The van der Waals surface area contributed by atoms with Crippen LogP contribution in [0, 0.1) is 17.8 Å². The van der Waals surface area contributed by atoms with Crippen molar-refractivity contribution in [1.29, 1.82) is 0 Å². The van der Waals surface area contributed by atoms with Crippen molar-refractivity contribution >= 4 is 48.3 Å². The van der Waals surface area contributed by atoms with E-state index in [2.05, 4.69) is 16.8 Å². The zero-order valence-corrected chi connectivity index (χ0v) is 26.5. The molecule has 0 bridgehead atoms. The van der Waals surface area contributed by atoms with E-state index in [4.69, 9.17) is 9.47 Å². The van der Waals surface area contributed by atoms with Crippen LogP contribution in [-0.4, -0.2) is 64.8 Å². The summed E-state index contributed by atoms with van der Waals surface area (Å²) >= 11 is 5.55. The minimum absolute atomic E-state index is 0.00805. The van der Waals surface area contributed by atoms with Gasteiger partial charge in [-0.3, -0.25) is 9.59 Å². The molecule has 0 saturated carbocycles. The van der Waals surface area contributed by atoms with Crippen molar-refractivity contribution in [2.45, 2.75) is 92.4 Å². The summed E-state index contributed by atoms with van der Waals surface area (Å²) in [5.74, 6) is -1.53. The molecule has 8 nitrogen and oxygen atoms in total. The van der Waals surface area contributed by atoms with Crippen LogP contribution < -0.4 is 0 Å². The molecular weight excluding hydrogens is 531 g/mol. The number of nitrogens with zero attached hydrogens (tertiary/aromatic N) is 2. The van der Waals surface area contributed by atoms with Gasteiger partial charge < -0.3 is 19.5 Å². The van der Waals surface area contributed by atoms with Crippen molar-refractivity contribution < 1.29 is 29.0 Å². The molecule has 0 aliphatic heterocycles. The molecular formula is C26H45N2O6PS2. The molecule has 0 spiro atoms. The van der Waals surface area contributed by atoms with Crippen LogP contribution in [0.1, 0.15) is 96.3 Å². The van der Waals surface area contributed by atoms with E-state index in [1.54, 1.807) is 45.0 Å². The third-order valence-corrected chi connectivity index (χ3v) is 6.77. The lowest BCUT2D eigenvalue weighted by Gasteiger charge is -2.36. The van der Waals surface area contributed by atoms with Crippen molar-refractivity contribution in [1.82, 2.24) is 9.88 Å². The summed E-state index contributed by atoms with van der Waals surface area (Å²) in [5.41, 5.74) is -0.451. The van der Waals surface area contributed by atoms with Gasteiger partial charge in [0.2, 0.25) is 5.91 Å². The van der Waals surface area contributed by atoms with Gasteiger partial charge in [0.1, 0.15) is 16.7 Å². The largest absolute Gasteiger partial charge is 0.461 e. The molecule has 1 N–H and O–H groups in total. The fraction of sp³-hybridized carbons (Fsp3) is 0.769. The summed E-state index contributed by atoms with van der Waals surface area (Å²) in [6.45, 7) is 17.2. The number of carbonyl (C=O) groups is 3. The number of carbonyl (C=O) groups excluding carboxylic acids is 3. The summed E-state index contributed by atoms with van der Waals surface area (Å²) in [5, 5.41) is 12.8. The Labute approximate surface area is 233 Å². The maximum atomic E-state index is 13.5. The molecule has 37 heavy (non-hydrogen) atoms. The maximum Gasteiger partial charge on any atom is 0.357 e. The van der Waals surface area contributed by atoms with E-state index in [1.165, 1.54) is 11.3 Å². The van der Waals surface area contributed by atoms with E-state index in [-0.39, 0.29) is 48.9 Å². The smallest absolute Gasteiger partial charge is 0.357 e. The highest BCUT2D eigenvalue weighted by Crippen LogP contribution is 2.30. The second kappa shape index (κ2) is 17.2. The molecule has 11 heteroatoms. The highest BCUT2D eigenvalue weighted by atomic mass is 32.4. The SMILES string of the molecule is CCOC(=O)c1csc([C@H](O)C[C@H](C(C)C)N(C)C(=O)[C@@H](CC(=O)OC(C)(C)C)[C@@H](C)CC)n1.CP=S. The first-order valence-electron chi connectivity index (χ1n) is 12.6. The van der Waals surface area contributed by atoms with Crippen molar-refractivity contribution in [2.75, 3.05) is 20.3 Å². The first kappa shape index (κ1) is 35.5. The van der Waals surface area contributed by atoms with E-state index < -0.39 is 29.6 Å². The van der Waals surface area contributed by atoms with Crippen LogP contribution in [0.5, 0.6) is 0 Å². The minimum atomic E-state index is -0.941. The highest BCUT2D eigenvalue weighted by molar-refractivity contribution is 7.96. The molecule has 4 atom stereocenters. The average Bonchev–Trinajstić information content (AvgIpc) is 3.29. The lowest BCUT2D eigenvalue weighted by atomic mass is 9.86. The molecule has 0 radical (unpaired) electrons. The molecule has 1 rings (SSSR count). The van der Waals surface area contributed by atoms with Crippen LogP contribution in [0.25, 0.3) is 0 Å². The second-order valence-corrected chi connectivity index (χ2v) is 12.6. The Bertz CT molecular complexity index is 871. The van der Waals surface area contributed by atoms with Gasteiger partial charge >= 0.3 is 11.9 Å². The molecule has 1 aromatic heterocycles. The molecule has 0 fully saturated rings. The number of thiazole rings is 1. The molecule has 0 aliphatic rings. The Morgan fingerprint density at radius 1 is 1.22 bits per heavy atom. The van der Waals surface area contributed by atoms with Gasteiger partial charge in [0.15, 0.2) is 5.69 Å². The summed E-state index contributed by atoms with van der Waals surface area (Å²) in [4.78, 5) is 43.8. The summed E-state index contributed by atoms with van der Waals surface area (Å²) in [7, 11) is 2.72. The Hall–Kier alpha value is -1.48. The van der Waals surface area contributed by atoms with Crippen LogP contribution in [0.15, 0.2) is 5.38 Å². The summed E-state index contributed by atoms with van der Waals surface area (Å²) in [6.07, 6.45) is 0.0782. The average molecular weight is 577 g/mol.